The molecule has 0 aromatic heterocycles. The van der Waals surface area contributed by atoms with E-state index in [2.05, 4.69) is 99.0 Å². The molecule has 0 bridgehead atoms. The predicted molar refractivity (Wildman–Crippen MR) is 301 cm³/mol. The molecule has 6 heteroatoms. The molecule has 400 valence electrons. The number of allylic oxidation sites excluding steroid dienone is 12. The highest BCUT2D eigenvalue weighted by molar-refractivity contribution is 5.77. The van der Waals surface area contributed by atoms with Gasteiger partial charge in [0.15, 0.2) is 0 Å². The summed E-state index contributed by atoms with van der Waals surface area (Å²) in [6, 6.07) is -0.727. The van der Waals surface area contributed by atoms with E-state index in [1.165, 1.54) is 161 Å². The molecule has 6 nitrogen and oxygen atoms in total. The van der Waals surface area contributed by atoms with Crippen LogP contribution in [0.5, 0.6) is 0 Å². The van der Waals surface area contributed by atoms with Crippen molar-refractivity contribution in [1.29, 1.82) is 0 Å². The van der Waals surface area contributed by atoms with Crippen LogP contribution in [-0.4, -0.2) is 46.9 Å². The van der Waals surface area contributed by atoms with Crippen molar-refractivity contribution < 1.29 is 24.5 Å². The van der Waals surface area contributed by atoms with E-state index >= 15 is 0 Å². The van der Waals surface area contributed by atoms with Crippen LogP contribution in [0.2, 0.25) is 0 Å². The first-order chi connectivity index (χ1) is 34.0. The standard InChI is InChI=1S/C63H113NO5/c1-4-7-10-13-16-19-22-25-28-30-31-33-35-38-41-44-47-50-53-56-63(68)69-59(54-51-48-45-42-39-36-27-24-21-18-15-12-9-6-3)57-62(67)64-60(58-65)61(66)55-52-49-46-43-40-37-34-32-29-26-23-20-17-14-11-8-5-2/h16,19,25,28,31,33,36,38-39,41-42,45,59-61,65-66H,4-15,17-18,20-24,26-27,29-30,32,34-35,37,40,43-44,46-58H2,1-3H3,(H,64,67)/b19-16-,28-25-,33-31-,39-36+,41-38-,45-42+. The highest BCUT2D eigenvalue weighted by Gasteiger charge is 2.24. The molecule has 69 heavy (non-hydrogen) atoms. The van der Waals surface area contributed by atoms with E-state index in [0.29, 0.717) is 19.3 Å². The second-order valence-corrected chi connectivity index (χ2v) is 20.1. The Morgan fingerprint density at radius 3 is 1.26 bits per heavy atom. The third-order valence-electron chi connectivity index (χ3n) is 13.3. The van der Waals surface area contributed by atoms with Crippen molar-refractivity contribution in [2.75, 3.05) is 6.61 Å². The Bertz CT molecular complexity index is 1270. The summed E-state index contributed by atoms with van der Waals surface area (Å²) >= 11 is 0. The molecule has 0 aliphatic heterocycles. The Kier molecular flexibility index (Phi) is 54.0. The predicted octanol–water partition coefficient (Wildman–Crippen LogP) is 18.5. The molecular formula is C63H113NO5. The minimum Gasteiger partial charge on any atom is -0.462 e. The molecule has 0 heterocycles. The van der Waals surface area contributed by atoms with Gasteiger partial charge in [0, 0.05) is 6.42 Å². The first kappa shape index (κ1) is 66.3. The minimum absolute atomic E-state index is 0.0300. The highest BCUT2D eigenvalue weighted by atomic mass is 16.5. The van der Waals surface area contributed by atoms with Gasteiger partial charge in [0.05, 0.1) is 25.2 Å². The molecule has 0 aliphatic rings. The zero-order valence-electron chi connectivity index (χ0n) is 45.7. The zero-order valence-corrected chi connectivity index (χ0v) is 45.7. The number of carbonyl (C=O) groups excluding carboxylic acids is 2. The minimum atomic E-state index is -0.809. The van der Waals surface area contributed by atoms with E-state index in [9.17, 15) is 19.8 Å². The molecule has 0 fully saturated rings. The number of hydrogen-bond donors (Lipinski definition) is 3. The fourth-order valence-electron chi connectivity index (χ4n) is 8.76. The molecule has 0 aliphatic carbocycles. The molecule has 0 rings (SSSR count). The van der Waals surface area contributed by atoms with E-state index in [0.717, 1.165) is 83.5 Å². The lowest BCUT2D eigenvalue weighted by Crippen LogP contribution is -2.46. The quantitative estimate of drug-likeness (QED) is 0.0244. The molecule has 3 atom stereocenters. The lowest BCUT2D eigenvalue weighted by molar-refractivity contribution is -0.151. The summed E-state index contributed by atoms with van der Waals surface area (Å²) in [4.78, 5) is 26.3. The van der Waals surface area contributed by atoms with Crippen molar-refractivity contribution >= 4 is 11.9 Å². The number of aliphatic hydroxyl groups is 2. The molecule has 3 N–H and O–H groups in total. The molecule has 1 amide bonds. The van der Waals surface area contributed by atoms with Gasteiger partial charge >= 0.3 is 5.97 Å². The van der Waals surface area contributed by atoms with Crippen LogP contribution in [0.4, 0.5) is 0 Å². The Hall–Kier alpha value is -2.70. The fraction of sp³-hybridized carbons (Fsp3) is 0.778. The van der Waals surface area contributed by atoms with Crippen LogP contribution in [-0.2, 0) is 14.3 Å². The largest absolute Gasteiger partial charge is 0.462 e. The van der Waals surface area contributed by atoms with Gasteiger partial charge in [-0.05, 0) is 89.9 Å². The monoisotopic (exact) mass is 964 g/mol. The van der Waals surface area contributed by atoms with Crippen molar-refractivity contribution in [3.63, 3.8) is 0 Å². The van der Waals surface area contributed by atoms with Crippen LogP contribution in [0.25, 0.3) is 0 Å². The Balaban J connectivity index is 4.63. The number of aliphatic hydroxyl groups excluding tert-OH is 2. The number of amides is 1. The Morgan fingerprint density at radius 1 is 0.435 bits per heavy atom. The van der Waals surface area contributed by atoms with Gasteiger partial charge in [0.2, 0.25) is 5.91 Å². The average molecular weight is 965 g/mol. The van der Waals surface area contributed by atoms with Gasteiger partial charge in [-0.1, -0.05) is 261 Å². The third-order valence-corrected chi connectivity index (χ3v) is 13.3. The number of carbonyl (C=O) groups is 2. The first-order valence-electron chi connectivity index (χ1n) is 29.7. The number of ether oxygens (including phenoxy) is 1. The number of hydrogen-bond acceptors (Lipinski definition) is 5. The third kappa shape index (κ3) is 51.5. The Labute approximate surface area is 428 Å². The first-order valence-corrected chi connectivity index (χ1v) is 29.7. The average Bonchev–Trinajstić information content (AvgIpc) is 3.34. The van der Waals surface area contributed by atoms with E-state index in [1.807, 2.05) is 0 Å². The number of esters is 1. The molecular weight excluding hydrogens is 851 g/mol. The summed E-state index contributed by atoms with van der Waals surface area (Å²) in [6.45, 7) is 6.45. The summed E-state index contributed by atoms with van der Waals surface area (Å²) in [5.41, 5.74) is 0. The molecule has 0 spiro atoms. The van der Waals surface area contributed by atoms with E-state index in [4.69, 9.17) is 4.74 Å². The van der Waals surface area contributed by atoms with Gasteiger partial charge in [-0.15, -0.1) is 0 Å². The second kappa shape index (κ2) is 56.2. The molecule has 0 aromatic rings. The van der Waals surface area contributed by atoms with Crippen LogP contribution in [0, 0.1) is 0 Å². The summed E-state index contributed by atoms with van der Waals surface area (Å²) in [5, 5.41) is 23.9. The molecule has 0 aromatic carbocycles. The van der Waals surface area contributed by atoms with Crippen molar-refractivity contribution in [2.45, 2.75) is 309 Å². The van der Waals surface area contributed by atoms with Crippen molar-refractivity contribution in [3.05, 3.63) is 72.9 Å². The van der Waals surface area contributed by atoms with Gasteiger partial charge < -0.3 is 20.3 Å². The molecule has 0 saturated carbocycles. The van der Waals surface area contributed by atoms with Crippen LogP contribution in [0.3, 0.4) is 0 Å². The van der Waals surface area contributed by atoms with E-state index in [1.54, 1.807) is 0 Å². The maximum absolute atomic E-state index is 13.3. The van der Waals surface area contributed by atoms with Crippen LogP contribution in [0.15, 0.2) is 72.9 Å². The fourth-order valence-corrected chi connectivity index (χ4v) is 8.76. The van der Waals surface area contributed by atoms with Gasteiger partial charge in [-0.3, -0.25) is 9.59 Å². The van der Waals surface area contributed by atoms with Gasteiger partial charge in [-0.25, -0.2) is 0 Å². The number of unbranched alkanes of at least 4 members (excludes halogenated alkanes) is 30. The van der Waals surface area contributed by atoms with Crippen molar-refractivity contribution in [3.8, 4) is 0 Å². The van der Waals surface area contributed by atoms with Crippen molar-refractivity contribution in [2.24, 2.45) is 0 Å². The molecule has 0 radical (unpaired) electrons. The smallest absolute Gasteiger partial charge is 0.306 e. The van der Waals surface area contributed by atoms with Crippen molar-refractivity contribution in [1.82, 2.24) is 5.32 Å². The normalized spacial score (nSPS) is 13.6. The van der Waals surface area contributed by atoms with Crippen LogP contribution in [0.1, 0.15) is 290 Å². The molecule has 0 saturated heterocycles. The maximum Gasteiger partial charge on any atom is 0.306 e. The van der Waals surface area contributed by atoms with Crippen LogP contribution >= 0.6 is 0 Å². The van der Waals surface area contributed by atoms with E-state index < -0.39 is 18.2 Å². The maximum atomic E-state index is 13.3. The zero-order chi connectivity index (χ0) is 50.2. The molecule has 3 unspecified atom stereocenters. The SMILES string of the molecule is CCCCC/C=C\C/C=C\C/C=C\C/C=C\CCCCCC(=O)OC(CCC/C=C/C=C/CCCCCCCCC)CC(=O)NC(CO)C(O)CCCCCCCCCCCCCCCCCCC. The second-order valence-electron chi connectivity index (χ2n) is 20.1. The Morgan fingerprint density at radius 2 is 0.797 bits per heavy atom. The van der Waals surface area contributed by atoms with Crippen LogP contribution < -0.4 is 5.32 Å². The highest BCUT2D eigenvalue weighted by Crippen LogP contribution is 2.17. The number of rotatable bonds is 53. The summed E-state index contributed by atoms with van der Waals surface area (Å²) in [5.74, 6) is -0.553. The lowest BCUT2D eigenvalue weighted by atomic mass is 10.0. The number of nitrogens with one attached hydrogen (secondary N) is 1. The summed E-state index contributed by atoms with van der Waals surface area (Å²) in [6.07, 6.45) is 72.6. The summed E-state index contributed by atoms with van der Waals surface area (Å²) in [7, 11) is 0. The van der Waals surface area contributed by atoms with Gasteiger partial charge in [0.25, 0.3) is 0 Å². The van der Waals surface area contributed by atoms with Gasteiger partial charge in [-0.2, -0.15) is 0 Å². The van der Waals surface area contributed by atoms with E-state index in [-0.39, 0.29) is 24.9 Å². The van der Waals surface area contributed by atoms with Gasteiger partial charge in [0.1, 0.15) is 6.10 Å². The lowest BCUT2D eigenvalue weighted by Gasteiger charge is -2.24. The topological polar surface area (TPSA) is 95.9 Å². The summed E-state index contributed by atoms with van der Waals surface area (Å²) < 4.78 is 5.92.